The van der Waals surface area contributed by atoms with Crippen LogP contribution in [-0.4, -0.2) is 16.4 Å². The highest BCUT2D eigenvalue weighted by molar-refractivity contribution is 6.37. The largest absolute Gasteiger partial charge is 0.492 e. The number of aliphatic hydroxyl groups excluding tert-OH is 1. The number of aliphatic hydroxyl groups is 1. The van der Waals surface area contributed by atoms with Gasteiger partial charge in [-0.15, -0.1) is 5.11 Å². The molecule has 0 spiro atoms. The first-order valence-corrected chi connectivity index (χ1v) is 5.95. The molecule has 94 valence electrons. The van der Waals surface area contributed by atoms with Crippen LogP contribution in [0, 0.1) is 0 Å². The van der Waals surface area contributed by atoms with Gasteiger partial charge < -0.3 is 5.11 Å². The van der Waals surface area contributed by atoms with Crippen molar-refractivity contribution in [1.82, 2.24) is 0 Å². The molecular weight excluding hydrogens is 275 g/mol. The highest BCUT2D eigenvalue weighted by atomic mass is 35.5. The van der Waals surface area contributed by atoms with Gasteiger partial charge in [0.25, 0.3) is 0 Å². The lowest BCUT2D eigenvalue weighted by molar-refractivity contribution is 0.101. The van der Waals surface area contributed by atoms with Crippen molar-refractivity contribution in [2.45, 2.75) is 19.4 Å². The summed E-state index contributed by atoms with van der Waals surface area (Å²) in [6.45, 7) is 3.38. The minimum absolute atomic E-state index is 0.131. The van der Waals surface area contributed by atoms with E-state index in [-0.39, 0.29) is 22.0 Å². The van der Waals surface area contributed by atoms with Gasteiger partial charge >= 0.3 is 0 Å². The Hall–Kier alpha value is -1.39. The average molecular weight is 285 g/mol. The summed E-state index contributed by atoms with van der Waals surface area (Å²) in [5.74, 6) is -0.764. The molecule has 0 radical (unpaired) electrons. The zero-order valence-electron chi connectivity index (χ0n) is 9.74. The summed E-state index contributed by atoms with van der Waals surface area (Å²) in [5.41, 5.74) is -0.459. The highest BCUT2D eigenvalue weighted by Crippen LogP contribution is 2.34. The maximum Gasteiger partial charge on any atom is 0.240 e. The average Bonchev–Trinajstić information content (AvgIpc) is 2.52. The molecule has 0 aromatic heterocycles. The zero-order valence-corrected chi connectivity index (χ0v) is 11.2. The fourth-order valence-electron chi connectivity index (χ4n) is 1.73. The molecule has 18 heavy (non-hydrogen) atoms. The van der Waals surface area contributed by atoms with Gasteiger partial charge in [-0.1, -0.05) is 23.2 Å². The smallest absolute Gasteiger partial charge is 0.240 e. The lowest BCUT2D eigenvalue weighted by atomic mass is 9.89. The van der Waals surface area contributed by atoms with Crippen LogP contribution in [0.4, 0.5) is 0 Å². The van der Waals surface area contributed by atoms with Crippen molar-refractivity contribution < 1.29 is 9.90 Å². The van der Waals surface area contributed by atoms with Crippen molar-refractivity contribution in [2.75, 3.05) is 0 Å². The molecule has 1 aromatic rings. The third kappa shape index (κ3) is 2.13. The molecule has 1 heterocycles. The minimum atomic E-state index is -0.857. The molecule has 0 fully saturated rings. The van der Waals surface area contributed by atoms with Crippen molar-refractivity contribution in [3.63, 3.8) is 0 Å². The predicted octanol–water partition coefficient (Wildman–Crippen LogP) is 4.19. The molecule has 0 saturated carbocycles. The van der Waals surface area contributed by atoms with Crippen LogP contribution < -0.4 is 0 Å². The number of nitrogens with zero attached hydrogens (tertiary/aromatic N) is 2. The fourth-order valence-corrected chi connectivity index (χ4v) is 2.23. The van der Waals surface area contributed by atoms with Crippen LogP contribution in [0.1, 0.15) is 24.2 Å². The van der Waals surface area contributed by atoms with Crippen molar-refractivity contribution in [3.8, 4) is 0 Å². The lowest BCUT2D eigenvalue weighted by Crippen LogP contribution is -2.24. The van der Waals surface area contributed by atoms with Gasteiger partial charge in [0.1, 0.15) is 5.54 Å². The van der Waals surface area contributed by atoms with E-state index in [9.17, 15) is 9.90 Å². The summed E-state index contributed by atoms with van der Waals surface area (Å²) in [4.78, 5) is 12.3. The molecule has 2 rings (SSSR count). The standard InChI is InChI=1S/C12H10Cl2N2O2/c1-12(2)9(11(18)15-16-12)10(17)7-4-3-6(13)5-8(7)14/h3-5,18H,1-2H3. The topological polar surface area (TPSA) is 62.0 Å². The van der Waals surface area contributed by atoms with Crippen molar-refractivity contribution in [3.05, 3.63) is 45.3 Å². The number of hydrogen-bond donors (Lipinski definition) is 1. The molecule has 6 heteroatoms. The van der Waals surface area contributed by atoms with Gasteiger partial charge in [0.15, 0.2) is 5.78 Å². The third-order valence-electron chi connectivity index (χ3n) is 2.63. The van der Waals surface area contributed by atoms with E-state index in [1.54, 1.807) is 19.9 Å². The van der Waals surface area contributed by atoms with Gasteiger partial charge in [0, 0.05) is 10.6 Å². The van der Waals surface area contributed by atoms with Crippen LogP contribution in [-0.2, 0) is 0 Å². The molecule has 0 amide bonds. The van der Waals surface area contributed by atoms with Gasteiger partial charge in [-0.25, -0.2) is 0 Å². The lowest BCUT2D eigenvalue weighted by Gasteiger charge is -2.16. The molecule has 0 unspecified atom stereocenters. The van der Waals surface area contributed by atoms with E-state index in [2.05, 4.69) is 10.2 Å². The Labute approximate surface area is 114 Å². The van der Waals surface area contributed by atoms with E-state index >= 15 is 0 Å². The van der Waals surface area contributed by atoms with Gasteiger partial charge in [-0.05, 0) is 32.0 Å². The molecular formula is C12H10Cl2N2O2. The Morgan fingerprint density at radius 2 is 2.00 bits per heavy atom. The monoisotopic (exact) mass is 284 g/mol. The van der Waals surface area contributed by atoms with Gasteiger partial charge in [-0.2, -0.15) is 5.11 Å². The fraction of sp³-hybridized carbons (Fsp3) is 0.250. The maximum atomic E-state index is 12.3. The second kappa shape index (κ2) is 4.37. The van der Waals surface area contributed by atoms with E-state index in [0.717, 1.165) is 0 Å². The van der Waals surface area contributed by atoms with Crippen molar-refractivity contribution >= 4 is 29.0 Å². The Kier molecular flexibility index (Phi) is 3.17. The van der Waals surface area contributed by atoms with Gasteiger partial charge in [-0.3, -0.25) is 4.79 Å². The van der Waals surface area contributed by atoms with E-state index in [0.29, 0.717) is 5.02 Å². The first-order chi connectivity index (χ1) is 8.33. The van der Waals surface area contributed by atoms with E-state index < -0.39 is 11.3 Å². The highest BCUT2D eigenvalue weighted by Gasteiger charge is 2.37. The van der Waals surface area contributed by atoms with Crippen LogP contribution >= 0.6 is 23.2 Å². The number of benzene rings is 1. The predicted molar refractivity (Wildman–Crippen MR) is 69.4 cm³/mol. The number of ketones is 1. The summed E-state index contributed by atoms with van der Waals surface area (Å²) in [7, 11) is 0. The van der Waals surface area contributed by atoms with Crippen molar-refractivity contribution in [2.24, 2.45) is 10.2 Å². The van der Waals surface area contributed by atoms with E-state index in [4.69, 9.17) is 23.2 Å². The van der Waals surface area contributed by atoms with Crippen LogP contribution in [0.2, 0.25) is 10.0 Å². The summed E-state index contributed by atoms with van der Waals surface area (Å²) < 4.78 is 0. The Morgan fingerprint density at radius 1 is 1.33 bits per heavy atom. The Morgan fingerprint density at radius 3 is 2.50 bits per heavy atom. The summed E-state index contributed by atoms with van der Waals surface area (Å²) in [5, 5.41) is 17.7. The number of azo groups is 1. The van der Waals surface area contributed by atoms with Crippen LogP contribution in [0.25, 0.3) is 0 Å². The molecule has 1 aromatic carbocycles. The van der Waals surface area contributed by atoms with E-state index in [1.807, 2.05) is 0 Å². The second-order valence-electron chi connectivity index (χ2n) is 4.41. The molecule has 0 saturated heterocycles. The normalized spacial score (nSPS) is 17.3. The molecule has 0 atom stereocenters. The van der Waals surface area contributed by atoms with E-state index in [1.165, 1.54) is 12.1 Å². The number of carbonyl (C=O) groups excluding carboxylic acids is 1. The maximum absolute atomic E-state index is 12.3. The Balaban J connectivity index is 2.48. The molecule has 1 aliphatic heterocycles. The second-order valence-corrected chi connectivity index (χ2v) is 5.25. The quantitative estimate of drug-likeness (QED) is 0.828. The number of rotatable bonds is 2. The zero-order chi connectivity index (χ0) is 13.5. The Bertz CT molecular complexity index is 592. The summed E-state index contributed by atoms with van der Waals surface area (Å²) >= 11 is 11.7. The first kappa shape index (κ1) is 13.1. The van der Waals surface area contributed by atoms with Gasteiger partial charge in [0.2, 0.25) is 5.88 Å². The minimum Gasteiger partial charge on any atom is -0.492 e. The van der Waals surface area contributed by atoms with Gasteiger partial charge in [0.05, 0.1) is 10.6 Å². The SMILES string of the molecule is CC1(C)N=NC(O)=C1C(=O)c1ccc(Cl)cc1Cl. The first-order valence-electron chi connectivity index (χ1n) is 5.19. The third-order valence-corrected chi connectivity index (χ3v) is 3.18. The number of carbonyl (C=O) groups is 1. The summed E-state index contributed by atoms with van der Waals surface area (Å²) in [6.07, 6.45) is 0. The van der Waals surface area contributed by atoms with Crippen molar-refractivity contribution in [1.29, 1.82) is 0 Å². The molecule has 0 bridgehead atoms. The van der Waals surface area contributed by atoms with Crippen LogP contribution in [0.3, 0.4) is 0 Å². The summed E-state index contributed by atoms with van der Waals surface area (Å²) in [6, 6.07) is 4.56. The molecule has 0 aliphatic carbocycles. The van der Waals surface area contributed by atoms with Crippen LogP contribution in [0.5, 0.6) is 0 Å². The molecule has 1 N–H and O–H groups in total. The number of halogens is 2. The number of hydrogen-bond acceptors (Lipinski definition) is 4. The van der Waals surface area contributed by atoms with Crippen LogP contribution in [0.15, 0.2) is 39.9 Å². The molecule has 1 aliphatic rings. The molecule has 4 nitrogen and oxygen atoms in total. The number of Topliss-reactive ketones (excluding diaryl/α,β-unsaturated/α-hetero) is 1.